The summed E-state index contributed by atoms with van der Waals surface area (Å²) in [6, 6.07) is -14.0. The first kappa shape index (κ1) is 66.3. The summed E-state index contributed by atoms with van der Waals surface area (Å²) in [5.74, 6) is -13.0. The molecular formula is C47H83N13O15. The first-order valence-corrected chi connectivity index (χ1v) is 25.3. The van der Waals surface area contributed by atoms with Gasteiger partial charge in [0.1, 0.15) is 54.4 Å². The molecule has 28 nitrogen and oxygen atoms in total. The van der Waals surface area contributed by atoms with E-state index in [1.54, 1.807) is 55.4 Å². The number of nitrogens with zero attached hydrogens (tertiary/aromatic N) is 2. The van der Waals surface area contributed by atoms with Crippen molar-refractivity contribution >= 4 is 71.1 Å². The maximum Gasteiger partial charge on any atom is 0.326 e. The third-order valence-corrected chi connectivity index (χ3v) is 12.7. The van der Waals surface area contributed by atoms with Gasteiger partial charge in [0, 0.05) is 13.1 Å². The van der Waals surface area contributed by atoms with Gasteiger partial charge in [-0.15, -0.1) is 0 Å². The van der Waals surface area contributed by atoms with Crippen molar-refractivity contribution in [2.45, 2.75) is 174 Å². The van der Waals surface area contributed by atoms with Crippen LogP contribution in [-0.2, 0) is 52.7 Å². The lowest BCUT2D eigenvalue weighted by molar-refractivity contribution is -0.146. The number of aliphatic hydroxyl groups excluding tert-OH is 2. The maximum absolute atomic E-state index is 14.0. The Morgan fingerprint density at radius 1 is 0.613 bits per heavy atom. The van der Waals surface area contributed by atoms with Crippen molar-refractivity contribution in [3.05, 3.63) is 0 Å². The fraction of sp³-hybridized carbons (Fsp3) is 0.745. The number of aliphatic carboxylic acids is 2. The number of aliphatic hydroxyl groups is 2. The minimum Gasteiger partial charge on any atom is -0.481 e. The summed E-state index contributed by atoms with van der Waals surface area (Å²) >= 11 is 0. The molecule has 75 heavy (non-hydrogen) atoms. The standard InChI is InChI=1S/C47H83N13O15/c1-10-24(7)35(58-43(71)34(23(5)6)57-40(68)30(20-61)55-38(66)27(48)14-12-16-51-47(49)50)44(72)52-26(9)37(65)53-28(19-33(63)64)39(67)56-31(21-62)41(69)59-36(25(8)11-2)45(73)60-17-13-15-32(60)42(70)54-29(46(74)75)18-22(3)4/h22-32,34-36,61-62H,10-21,48H2,1-9H3,(H,52,72)(H,53,65)(H,54,70)(H,55,66)(H,56,67)(H,57,68)(H,58,71)(H,59,69)(H,63,64)(H,74,75)(H4,49,50,51)/t24-,25-,26-,27-,28-,29-,30-,31-,32-,34-,35-,36-/m0/s1. The van der Waals surface area contributed by atoms with Crippen molar-refractivity contribution in [2.24, 2.45) is 45.9 Å². The van der Waals surface area contributed by atoms with Gasteiger partial charge in [0.2, 0.25) is 53.2 Å². The summed E-state index contributed by atoms with van der Waals surface area (Å²) < 4.78 is 0. The fourth-order valence-electron chi connectivity index (χ4n) is 7.75. The SMILES string of the molecule is CC[C@H](C)[C@H](NC(=O)[C@@H](NC(=O)[C@H](CO)NC(=O)[C@@H](N)CCCN=C(N)N)C(C)C)C(=O)N[C@@H](C)C(=O)N[C@@H](CC(=O)O)C(=O)N[C@@H](CO)C(=O)N[C@H](C(=O)N1CCC[C@H]1C(=O)N[C@@H](CC(C)C)C(=O)O)[C@@H](C)CC. The molecule has 0 aromatic carbocycles. The van der Waals surface area contributed by atoms with E-state index in [2.05, 4.69) is 47.5 Å². The highest BCUT2D eigenvalue weighted by atomic mass is 16.4. The third kappa shape index (κ3) is 22.0. The molecule has 1 aliphatic heterocycles. The molecule has 0 aromatic heterocycles. The minimum atomic E-state index is -1.89. The second-order valence-corrected chi connectivity index (χ2v) is 19.6. The molecule has 28 heteroatoms. The van der Waals surface area contributed by atoms with E-state index in [1.165, 1.54) is 11.8 Å². The second-order valence-electron chi connectivity index (χ2n) is 19.6. The van der Waals surface area contributed by atoms with Crippen LogP contribution in [0.1, 0.15) is 114 Å². The van der Waals surface area contributed by atoms with Crippen LogP contribution in [0.4, 0.5) is 0 Å². The number of guanidine groups is 1. The number of rotatable bonds is 33. The van der Waals surface area contributed by atoms with Crippen molar-refractivity contribution < 1.29 is 73.2 Å². The van der Waals surface area contributed by atoms with Crippen LogP contribution in [0.25, 0.3) is 0 Å². The fourth-order valence-corrected chi connectivity index (χ4v) is 7.75. The molecule has 0 radical (unpaired) electrons. The average molecular weight is 1070 g/mol. The molecule has 12 atom stereocenters. The lowest BCUT2D eigenvalue weighted by Gasteiger charge is -2.32. The summed E-state index contributed by atoms with van der Waals surface area (Å²) in [7, 11) is 0. The zero-order valence-electron chi connectivity index (χ0n) is 44.5. The predicted molar refractivity (Wildman–Crippen MR) is 271 cm³/mol. The Kier molecular flexibility index (Phi) is 28.8. The molecule has 9 amide bonds. The number of nitrogens with two attached hydrogens (primary N) is 3. The van der Waals surface area contributed by atoms with Crippen molar-refractivity contribution in [3.8, 4) is 0 Å². The largest absolute Gasteiger partial charge is 0.481 e. The van der Waals surface area contributed by atoms with Crippen molar-refractivity contribution in [3.63, 3.8) is 0 Å². The molecule has 1 rings (SSSR count). The van der Waals surface area contributed by atoms with Gasteiger partial charge in [-0.05, 0) is 62.7 Å². The van der Waals surface area contributed by atoms with Gasteiger partial charge in [0.15, 0.2) is 5.96 Å². The molecule has 18 N–H and O–H groups in total. The van der Waals surface area contributed by atoms with Gasteiger partial charge < -0.3 is 85.1 Å². The van der Waals surface area contributed by atoms with Gasteiger partial charge in [0.05, 0.1) is 25.7 Å². The summed E-state index contributed by atoms with van der Waals surface area (Å²) in [5.41, 5.74) is 16.5. The van der Waals surface area contributed by atoms with E-state index in [0.717, 1.165) is 0 Å². The number of nitrogens with one attached hydrogen (secondary N) is 8. The Bertz CT molecular complexity index is 2020. The molecule has 0 spiro atoms. The number of carbonyl (C=O) groups is 11. The number of amides is 9. The van der Waals surface area contributed by atoms with Gasteiger partial charge in [-0.25, -0.2) is 4.79 Å². The van der Waals surface area contributed by atoms with E-state index in [1.807, 2.05) is 0 Å². The molecule has 0 unspecified atom stereocenters. The molecule has 1 heterocycles. The summed E-state index contributed by atoms with van der Waals surface area (Å²) in [5, 5.41) is 58.8. The van der Waals surface area contributed by atoms with Gasteiger partial charge >= 0.3 is 11.9 Å². The van der Waals surface area contributed by atoms with E-state index in [-0.39, 0.29) is 44.2 Å². The Balaban J connectivity index is 3.17. The Hall–Kier alpha value is -6.68. The normalized spacial score (nSPS) is 17.7. The second kappa shape index (κ2) is 32.6. The summed E-state index contributed by atoms with van der Waals surface area (Å²) in [6.07, 6.45) is 0.855. The van der Waals surface area contributed by atoms with Crippen molar-refractivity contribution in [2.75, 3.05) is 26.3 Å². The van der Waals surface area contributed by atoms with Crippen LogP contribution >= 0.6 is 0 Å². The lowest BCUT2D eigenvalue weighted by Crippen LogP contribution is -2.62. The van der Waals surface area contributed by atoms with E-state index < -0.39 is 163 Å². The zero-order chi connectivity index (χ0) is 57.4. The minimum absolute atomic E-state index is 0.0672. The lowest BCUT2D eigenvalue weighted by atomic mass is 9.96. The van der Waals surface area contributed by atoms with Crippen molar-refractivity contribution in [1.29, 1.82) is 0 Å². The van der Waals surface area contributed by atoms with Crippen LogP contribution in [0.2, 0.25) is 0 Å². The molecule has 0 bridgehead atoms. The highest BCUT2D eigenvalue weighted by Crippen LogP contribution is 2.22. The Morgan fingerprint density at radius 3 is 1.60 bits per heavy atom. The smallest absolute Gasteiger partial charge is 0.326 e. The number of aliphatic imine (C=N–C) groups is 1. The van der Waals surface area contributed by atoms with Gasteiger partial charge in [0.25, 0.3) is 0 Å². The van der Waals surface area contributed by atoms with Crippen LogP contribution in [0.5, 0.6) is 0 Å². The monoisotopic (exact) mass is 1070 g/mol. The number of likely N-dealkylation sites (tertiary alicyclic amines) is 1. The van der Waals surface area contributed by atoms with Crippen LogP contribution < -0.4 is 59.7 Å². The molecule has 0 aliphatic carbocycles. The van der Waals surface area contributed by atoms with E-state index in [4.69, 9.17) is 17.2 Å². The van der Waals surface area contributed by atoms with Crippen LogP contribution in [0, 0.1) is 23.7 Å². The number of carbonyl (C=O) groups excluding carboxylic acids is 9. The number of hydrogen-bond donors (Lipinski definition) is 15. The van der Waals surface area contributed by atoms with Crippen LogP contribution in [0.15, 0.2) is 4.99 Å². The number of carboxylic acid groups (broad SMARTS) is 2. The van der Waals surface area contributed by atoms with Crippen molar-refractivity contribution in [1.82, 2.24) is 47.4 Å². The maximum atomic E-state index is 14.0. The topological polar surface area (TPSA) is 459 Å². The summed E-state index contributed by atoms with van der Waals surface area (Å²) in [6.45, 7) is 13.1. The first-order valence-electron chi connectivity index (χ1n) is 25.3. The van der Waals surface area contributed by atoms with E-state index in [0.29, 0.717) is 25.7 Å². The van der Waals surface area contributed by atoms with Gasteiger partial charge in [-0.2, -0.15) is 0 Å². The number of carboxylic acids is 2. The molecule has 1 fully saturated rings. The number of hydrogen-bond acceptors (Lipinski definition) is 15. The highest BCUT2D eigenvalue weighted by Gasteiger charge is 2.42. The predicted octanol–water partition coefficient (Wildman–Crippen LogP) is -4.41. The van der Waals surface area contributed by atoms with Gasteiger partial charge in [-0.3, -0.25) is 52.9 Å². The van der Waals surface area contributed by atoms with E-state index >= 15 is 0 Å². The van der Waals surface area contributed by atoms with Crippen LogP contribution in [-0.4, -0.2) is 183 Å². The van der Waals surface area contributed by atoms with Crippen LogP contribution in [0.3, 0.4) is 0 Å². The molecule has 426 valence electrons. The highest BCUT2D eigenvalue weighted by molar-refractivity contribution is 5.99. The molecule has 1 aliphatic rings. The average Bonchev–Trinajstić information content (AvgIpc) is 3.84. The Labute approximate surface area is 437 Å². The quantitative estimate of drug-likeness (QED) is 0.0168. The molecule has 0 aromatic rings. The molecule has 0 saturated carbocycles. The van der Waals surface area contributed by atoms with E-state index in [9.17, 15) is 73.2 Å². The summed E-state index contributed by atoms with van der Waals surface area (Å²) in [4.78, 5) is 150. The third-order valence-electron chi connectivity index (χ3n) is 12.7. The molecular weight excluding hydrogens is 987 g/mol. The first-order chi connectivity index (χ1) is 35.0. The zero-order valence-corrected chi connectivity index (χ0v) is 44.5. The van der Waals surface area contributed by atoms with Gasteiger partial charge in [-0.1, -0.05) is 68.2 Å². The Morgan fingerprint density at radius 2 is 1.11 bits per heavy atom. The molecule has 1 saturated heterocycles.